The van der Waals surface area contributed by atoms with Crippen LogP contribution in [0.25, 0.3) is 0 Å². The van der Waals surface area contributed by atoms with E-state index in [1.165, 1.54) is 19.2 Å². The van der Waals surface area contributed by atoms with Crippen LogP contribution in [-0.2, 0) is 4.79 Å². The van der Waals surface area contributed by atoms with Crippen molar-refractivity contribution in [1.29, 1.82) is 0 Å². The second-order valence-corrected chi connectivity index (χ2v) is 3.93. The van der Waals surface area contributed by atoms with Gasteiger partial charge in [-0.2, -0.15) is 0 Å². The van der Waals surface area contributed by atoms with Gasteiger partial charge in [-0.15, -0.1) is 0 Å². The lowest BCUT2D eigenvalue weighted by Gasteiger charge is -2.14. The zero-order chi connectivity index (χ0) is 11.7. The first-order valence-corrected chi connectivity index (χ1v) is 5.19. The van der Waals surface area contributed by atoms with Gasteiger partial charge in [0.05, 0.1) is 7.11 Å². The quantitative estimate of drug-likeness (QED) is 0.716. The topological polar surface area (TPSA) is 26.3 Å². The zero-order valence-electron chi connectivity index (χ0n) is 9.13. The first-order chi connectivity index (χ1) is 7.63. The minimum Gasteiger partial charge on any atom is -0.496 e. The van der Waals surface area contributed by atoms with Gasteiger partial charge in [-0.25, -0.2) is 4.39 Å². The smallest absolute Gasteiger partial charge is 0.158 e. The maximum atomic E-state index is 13.2. The van der Waals surface area contributed by atoms with E-state index in [-0.39, 0.29) is 17.5 Å². The Kier molecular flexibility index (Phi) is 2.77. The third kappa shape index (κ3) is 1.73. The lowest BCUT2D eigenvalue weighted by Crippen LogP contribution is -2.02. The van der Waals surface area contributed by atoms with E-state index in [0.717, 1.165) is 5.56 Å². The number of methoxy groups -OCH3 is 1. The Balaban J connectivity index is 2.43. The summed E-state index contributed by atoms with van der Waals surface area (Å²) < 4.78 is 18.4. The minimum absolute atomic E-state index is 0.0660. The molecule has 1 saturated carbocycles. The lowest BCUT2D eigenvalue weighted by atomic mass is 9.93. The van der Waals surface area contributed by atoms with Gasteiger partial charge in [0.2, 0.25) is 0 Å². The van der Waals surface area contributed by atoms with Crippen LogP contribution in [0.3, 0.4) is 0 Å². The molecule has 0 spiro atoms. The highest BCUT2D eigenvalue weighted by atomic mass is 19.1. The van der Waals surface area contributed by atoms with Gasteiger partial charge in [-0.3, -0.25) is 4.79 Å². The fourth-order valence-electron chi connectivity index (χ4n) is 2.13. The molecular weight excluding hydrogens is 207 g/mol. The van der Waals surface area contributed by atoms with Crippen LogP contribution in [0.2, 0.25) is 0 Å². The molecule has 3 heteroatoms. The Morgan fingerprint density at radius 3 is 2.81 bits per heavy atom. The Hall–Kier alpha value is -1.64. The summed E-state index contributed by atoms with van der Waals surface area (Å²) in [6.07, 6.45) is 1.18. The number of carbonyl (C=O) groups is 1. The van der Waals surface area contributed by atoms with E-state index in [4.69, 9.17) is 4.74 Å². The molecule has 0 N–H and O–H groups in total. The third-order valence-electron chi connectivity index (χ3n) is 3.01. The van der Waals surface area contributed by atoms with Crippen molar-refractivity contribution in [2.45, 2.75) is 18.8 Å². The minimum atomic E-state index is -0.317. The van der Waals surface area contributed by atoms with Crippen LogP contribution < -0.4 is 4.74 Å². The van der Waals surface area contributed by atoms with Crippen molar-refractivity contribution in [3.05, 3.63) is 41.7 Å². The number of carbonyl (C=O) groups excluding carboxylic acids is 1. The maximum Gasteiger partial charge on any atom is 0.158 e. The van der Waals surface area contributed by atoms with Crippen LogP contribution >= 0.6 is 0 Å². The largest absolute Gasteiger partial charge is 0.496 e. The molecule has 1 aliphatic rings. The molecule has 16 heavy (non-hydrogen) atoms. The molecule has 0 amide bonds. The summed E-state index contributed by atoms with van der Waals surface area (Å²) in [6.45, 7) is 3.77. The lowest BCUT2D eigenvalue weighted by molar-refractivity contribution is -0.114. The molecule has 0 bridgehead atoms. The van der Waals surface area contributed by atoms with E-state index in [0.29, 0.717) is 24.2 Å². The number of benzene rings is 1. The monoisotopic (exact) mass is 220 g/mol. The van der Waals surface area contributed by atoms with Gasteiger partial charge in [0, 0.05) is 17.9 Å². The van der Waals surface area contributed by atoms with E-state index >= 15 is 0 Å². The standard InChI is InChI=1S/C13H13FO2/c1-8-10(4-5-12(8)15)11-7-9(14)3-6-13(11)16-2/h3,6-7,10H,1,4-5H2,2H3. The SMILES string of the molecule is C=C1C(=O)CCC1c1cc(F)ccc1OC. The number of rotatable bonds is 2. The number of hydrogen-bond donors (Lipinski definition) is 0. The fraction of sp³-hybridized carbons (Fsp3) is 0.308. The number of hydrogen-bond acceptors (Lipinski definition) is 2. The molecule has 0 heterocycles. The van der Waals surface area contributed by atoms with Crippen LogP contribution in [0, 0.1) is 5.82 Å². The summed E-state index contributed by atoms with van der Waals surface area (Å²) in [6, 6.07) is 4.36. The predicted octanol–water partition coefficient (Wildman–Crippen LogP) is 2.84. The third-order valence-corrected chi connectivity index (χ3v) is 3.01. The summed E-state index contributed by atoms with van der Waals surface area (Å²) >= 11 is 0. The van der Waals surface area contributed by atoms with Gasteiger partial charge in [0.15, 0.2) is 5.78 Å². The molecule has 0 aromatic heterocycles. The molecule has 1 aliphatic carbocycles. The average molecular weight is 220 g/mol. The molecule has 84 valence electrons. The Bertz CT molecular complexity index is 451. The molecule has 0 radical (unpaired) electrons. The van der Waals surface area contributed by atoms with Gasteiger partial charge in [0.25, 0.3) is 0 Å². The van der Waals surface area contributed by atoms with E-state index < -0.39 is 0 Å². The zero-order valence-corrected chi connectivity index (χ0v) is 9.13. The Morgan fingerprint density at radius 2 is 2.25 bits per heavy atom. The number of ketones is 1. The molecule has 1 unspecified atom stereocenters. The van der Waals surface area contributed by atoms with Crippen molar-refractivity contribution in [1.82, 2.24) is 0 Å². The summed E-state index contributed by atoms with van der Waals surface area (Å²) in [5.74, 6) is 0.264. The van der Waals surface area contributed by atoms with Gasteiger partial charge < -0.3 is 4.74 Å². The molecule has 0 saturated heterocycles. The molecule has 0 aliphatic heterocycles. The first kappa shape index (κ1) is 10.9. The van der Waals surface area contributed by atoms with Crippen molar-refractivity contribution in [2.24, 2.45) is 0 Å². The van der Waals surface area contributed by atoms with Gasteiger partial charge in [-0.05, 0) is 30.2 Å². The summed E-state index contributed by atoms with van der Waals surface area (Å²) in [7, 11) is 1.54. The van der Waals surface area contributed by atoms with Crippen LogP contribution in [-0.4, -0.2) is 12.9 Å². The average Bonchev–Trinajstić information content (AvgIpc) is 2.60. The highest BCUT2D eigenvalue weighted by molar-refractivity contribution is 5.98. The van der Waals surface area contributed by atoms with Crippen LogP contribution in [0.15, 0.2) is 30.4 Å². The molecule has 2 rings (SSSR count). The second-order valence-electron chi connectivity index (χ2n) is 3.93. The Labute approximate surface area is 93.7 Å². The van der Waals surface area contributed by atoms with Gasteiger partial charge >= 0.3 is 0 Å². The summed E-state index contributed by atoms with van der Waals surface area (Å²) in [4.78, 5) is 11.4. The van der Waals surface area contributed by atoms with Crippen molar-refractivity contribution in [3.63, 3.8) is 0 Å². The van der Waals surface area contributed by atoms with E-state index in [1.807, 2.05) is 0 Å². The first-order valence-electron chi connectivity index (χ1n) is 5.19. The van der Waals surface area contributed by atoms with Gasteiger partial charge in [0.1, 0.15) is 11.6 Å². The maximum absolute atomic E-state index is 13.2. The van der Waals surface area contributed by atoms with E-state index in [1.54, 1.807) is 6.07 Å². The van der Waals surface area contributed by atoms with Crippen molar-refractivity contribution >= 4 is 5.78 Å². The van der Waals surface area contributed by atoms with Crippen molar-refractivity contribution < 1.29 is 13.9 Å². The van der Waals surface area contributed by atoms with E-state index in [9.17, 15) is 9.18 Å². The van der Waals surface area contributed by atoms with Crippen molar-refractivity contribution in [3.8, 4) is 5.75 Å². The molecular formula is C13H13FO2. The van der Waals surface area contributed by atoms with E-state index in [2.05, 4.69) is 6.58 Å². The number of halogens is 1. The normalized spacial score (nSPS) is 20.2. The fourth-order valence-corrected chi connectivity index (χ4v) is 2.13. The van der Waals surface area contributed by atoms with Crippen LogP contribution in [0.4, 0.5) is 4.39 Å². The summed E-state index contributed by atoms with van der Waals surface area (Å²) in [5, 5.41) is 0. The van der Waals surface area contributed by atoms with Crippen LogP contribution in [0.1, 0.15) is 24.3 Å². The number of ether oxygens (including phenoxy) is 1. The molecule has 1 aromatic rings. The van der Waals surface area contributed by atoms with Crippen LogP contribution in [0.5, 0.6) is 5.75 Å². The molecule has 1 aromatic carbocycles. The molecule has 1 fully saturated rings. The second kappa shape index (κ2) is 4.08. The Morgan fingerprint density at radius 1 is 1.50 bits per heavy atom. The van der Waals surface area contributed by atoms with Crippen molar-refractivity contribution in [2.75, 3.05) is 7.11 Å². The number of allylic oxidation sites excluding steroid dienone is 1. The highest BCUT2D eigenvalue weighted by Crippen LogP contribution is 2.40. The predicted molar refractivity (Wildman–Crippen MR) is 59.1 cm³/mol. The molecule has 2 nitrogen and oxygen atoms in total. The summed E-state index contributed by atoms with van der Waals surface area (Å²) in [5.41, 5.74) is 1.28. The highest BCUT2D eigenvalue weighted by Gasteiger charge is 2.30. The molecule has 1 atom stereocenters. The number of Topliss-reactive ketones (excluding diaryl/α,β-unsaturated/α-hetero) is 1. The van der Waals surface area contributed by atoms with Gasteiger partial charge in [-0.1, -0.05) is 6.58 Å².